The predicted molar refractivity (Wildman–Crippen MR) is 75.0 cm³/mol. The fourth-order valence-corrected chi connectivity index (χ4v) is 1.94. The molecule has 1 heterocycles. The fraction of sp³-hybridized carbons (Fsp3) is 0.0833. The van der Waals surface area contributed by atoms with E-state index < -0.39 is 0 Å². The maximum Gasteiger partial charge on any atom is 0.259 e. The topological polar surface area (TPSA) is 77.6 Å². The Kier molecular flexibility index (Phi) is 4.48. The number of nitrogen functional groups attached to an aromatic ring is 1. The highest BCUT2D eigenvalue weighted by atomic mass is 35.5. The average molecular weight is 295 g/mol. The summed E-state index contributed by atoms with van der Waals surface area (Å²) in [6.07, 6.45) is 1.67. The molecule has 0 saturated heterocycles. The van der Waals surface area contributed by atoms with E-state index in [1.54, 1.807) is 23.8 Å². The first-order valence-corrected chi connectivity index (χ1v) is 6.48. The first kappa shape index (κ1) is 13.5. The Labute approximate surface area is 118 Å². The number of thiazole rings is 1. The number of anilines is 1. The third-order valence-corrected chi connectivity index (χ3v) is 3.09. The van der Waals surface area contributed by atoms with E-state index in [0.29, 0.717) is 15.8 Å². The zero-order valence-corrected chi connectivity index (χ0v) is 11.2. The van der Waals surface area contributed by atoms with Gasteiger partial charge in [-0.25, -0.2) is 4.98 Å². The van der Waals surface area contributed by atoms with Gasteiger partial charge in [-0.2, -0.15) is 0 Å². The van der Waals surface area contributed by atoms with Crippen LogP contribution in [-0.2, 0) is 16.2 Å². The van der Waals surface area contributed by atoms with Crippen LogP contribution < -0.4 is 5.73 Å². The highest BCUT2D eigenvalue weighted by molar-refractivity contribution is 7.13. The van der Waals surface area contributed by atoms with Gasteiger partial charge in [-0.15, -0.1) is 11.3 Å². The standard InChI is InChI=1S/C12H9ClN3O2S/c13-9-3-1-8(2-4-9)6-18-16-10(5-17)11-7-19-12(14)15-11/h1-4,7H,6H2,(H2,14,15)/b16-10+. The van der Waals surface area contributed by atoms with Crippen LogP contribution in [0, 0.1) is 0 Å². The second kappa shape index (κ2) is 6.31. The highest BCUT2D eigenvalue weighted by Gasteiger charge is 2.08. The Morgan fingerprint density at radius 3 is 2.79 bits per heavy atom. The molecular weight excluding hydrogens is 286 g/mol. The molecule has 0 aliphatic rings. The van der Waals surface area contributed by atoms with Crippen molar-refractivity contribution in [3.63, 3.8) is 0 Å². The van der Waals surface area contributed by atoms with Gasteiger partial charge in [0.1, 0.15) is 12.3 Å². The van der Waals surface area contributed by atoms with Gasteiger partial charge in [-0.1, -0.05) is 28.9 Å². The Bertz CT molecular complexity index is 595. The molecular formula is C12H9ClN3O2S. The van der Waals surface area contributed by atoms with Crippen LogP contribution in [0.4, 0.5) is 5.13 Å². The van der Waals surface area contributed by atoms with E-state index in [0.717, 1.165) is 5.56 Å². The summed E-state index contributed by atoms with van der Waals surface area (Å²) in [4.78, 5) is 19.8. The molecule has 0 amide bonds. The lowest BCUT2D eigenvalue weighted by Crippen LogP contribution is -2.04. The van der Waals surface area contributed by atoms with Crippen LogP contribution in [0.25, 0.3) is 0 Å². The van der Waals surface area contributed by atoms with Crippen LogP contribution in [0.3, 0.4) is 0 Å². The number of halogens is 1. The summed E-state index contributed by atoms with van der Waals surface area (Å²) in [5, 5.41) is 6.31. The van der Waals surface area contributed by atoms with Crippen molar-refractivity contribution < 1.29 is 9.63 Å². The summed E-state index contributed by atoms with van der Waals surface area (Å²) in [5.41, 5.74) is 6.70. The molecule has 1 aromatic heterocycles. The minimum absolute atomic E-state index is 0.0121. The van der Waals surface area contributed by atoms with Crippen molar-refractivity contribution >= 4 is 40.1 Å². The molecule has 19 heavy (non-hydrogen) atoms. The summed E-state index contributed by atoms with van der Waals surface area (Å²) in [5.74, 6) is 0. The van der Waals surface area contributed by atoms with Gasteiger partial charge < -0.3 is 10.6 Å². The second-order valence-electron chi connectivity index (χ2n) is 3.51. The van der Waals surface area contributed by atoms with Gasteiger partial charge in [0.15, 0.2) is 10.8 Å². The van der Waals surface area contributed by atoms with Crippen molar-refractivity contribution in [2.45, 2.75) is 6.61 Å². The first-order valence-electron chi connectivity index (χ1n) is 5.23. The minimum Gasteiger partial charge on any atom is -0.390 e. The smallest absolute Gasteiger partial charge is 0.259 e. The number of rotatable bonds is 5. The van der Waals surface area contributed by atoms with Gasteiger partial charge in [0.2, 0.25) is 0 Å². The van der Waals surface area contributed by atoms with Crippen molar-refractivity contribution in [1.29, 1.82) is 0 Å². The lowest BCUT2D eigenvalue weighted by atomic mass is 10.2. The molecule has 1 aromatic carbocycles. The minimum atomic E-state index is -0.0121. The number of hydrogen-bond donors (Lipinski definition) is 1. The van der Waals surface area contributed by atoms with E-state index in [4.69, 9.17) is 22.2 Å². The van der Waals surface area contributed by atoms with Crippen LogP contribution in [0.1, 0.15) is 11.3 Å². The van der Waals surface area contributed by atoms with E-state index in [9.17, 15) is 4.79 Å². The summed E-state index contributed by atoms with van der Waals surface area (Å²) in [7, 11) is 0. The number of benzene rings is 1. The molecule has 2 rings (SSSR count). The molecule has 0 aliphatic heterocycles. The second-order valence-corrected chi connectivity index (χ2v) is 4.84. The quantitative estimate of drug-likeness (QED) is 0.678. The van der Waals surface area contributed by atoms with Gasteiger partial charge >= 0.3 is 0 Å². The predicted octanol–water partition coefficient (Wildman–Crippen LogP) is 2.41. The van der Waals surface area contributed by atoms with Crippen LogP contribution in [0.5, 0.6) is 0 Å². The Morgan fingerprint density at radius 2 is 2.21 bits per heavy atom. The van der Waals surface area contributed by atoms with Crippen molar-refractivity contribution in [2.75, 3.05) is 5.73 Å². The fourth-order valence-electron chi connectivity index (χ4n) is 1.27. The molecule has 0 atom stereocenters. The van der Waals surface area contributed by atoms with Crippen molar-refractivity contribution in [2.24, 2.45) is 5.16 Å². The lowest BCUT2D eigenvalue weighted by molar-refractivity contribution is 0.131. The Morgan fingerprint density at radius 1 is 1.47 bits per heavy atom. The van der Waals surface area contributed by atoms with Crippen molar-refractivity contribution in [1.82, 2.24) is 4.98 Å². The summed E-state index contributed by atoms with van der Waals surface area (Å²) >= 11 is 6.98. The molecule has 2 N–H and O–H groups in total. The van der Waals surface area contributed by atoms with E-state index in [2.05, 4.69) is 10.1 Å². The van der Waals surface area contributed by atoms with Gasteiger partial charge in [-0.05, 0) is 17.7 Å². The lowest BCUT2D eigenvalue weighted by Gasteiger charge is -2.00. The summed E-state index contributed by atoms with van der Waals surface area (Å²) in [6.45, 7) is 0.224. The number of aromatic nitrogens is 1. The Hall–Kier alpha value is -1.92. The number of nitrogens with two attached hydrogens (primary N) is 1. The number of oxime groups is 1. The third-order valence-electron chi connectivity index (χ3n) is 2.16. The van der Waals surface area contributed by atoms with Gasteiger partial charge in [0, 0.05) is 10.4 Å². The van der Waals surface area contributed by atoms with Crippen LogP contribution >= 0.6 is 22.9 Å². The normalized spacial score (nSPS) is 11.3. The number of nitrogens with zero attached hydrogens (tertiary/aromatic N) is 2. The summed E-state index contributed by atoms with van der Waals surface area (Å²) < 4.78 is 0. The maximum absolute atomic E-state index is 10.8. The molecule has 0 spiro atoms. The molecule has 0 aliphatic carbocycles. The highest BCUT2D eigenvalue weighted by Crippen LogP contribution is 2.13. The molecule has 0 unspecified atom stereocenters. The third kappa shape index (κ3) is 3.77. The average Bonchev–Trinajstić information content (AvgIpc) is 2.83. The van der Waals surface area contributed by atoms with Crippen LogP contribution in [0.15, 0.2) is 34.8 Å². The number of hydrogen-bond acceptors (Lipinski definition) is 6. The van der Waals surface area contributed by atoms with Crippen molar-refractivity contribution in [3.8, 4) is 0 Å². The van der Waals surface area contributed by atoms with Crippen molar-refractivity contribution in [3.05, 3.63) is 45.9 Å². The van der Waals surface area contributed by atoms with E-state index in [-0.39, 0.29) is 12.3 Å². The Balaban J connectivity index is 2.00. The zero-order valence-electron chi connectivity index (χ0n) is 9.67. The van der Waals surface area contributed by atoms with E-state index >= 15 is 0 Å². The van der Waals surface area contributed by atoms with E-state index in [1.807, 2.05) is 12.1 Å². The monoisotopic (exact) mass is 294 g/mol. The molecule has 97 valence electrons. The molecule has 1 radical (unpaired) electrons. The molecule has 0 saturated carbocycles. The van der Waals surface area contributed by atoms with Gasteiger partial charge in [0.25, 0.3) is 6.29 Å². The molecule has 7 heteroatoms. The molecule has 0 fully saturated rings. The zero-order chi connectivity index (χ0) is 13.7. The van der Waals surface area contributed by atoms with E-state index in [1.165, 1.54) is 11.3 Å². The van der Waals surface area contributed by atoms with Crippen LogP contribution in [-0.4, -0.2) is 17.0 Å². The molecule has 0 bridgehead atoms. The summed E-state index contributed by atoms with van der Waals surface area (Å²) in [6, 6.07) is 7.11. The SMILES string of the molecule is Nc1nc(/C([C]=O)=N/OCc2ccc(Cl)cc2)cs1. The molecule has 5 nitrogen and oxygen atoms in total. The number of carbonyl (C=O) groups excluding carboxylic acids is 1. The largest absolute Gasteiger partial charge is 0.390 e. The maximum atomic E-state index is 10.8. The van der Waals surface area contributed by atoms with Crippen LogP contribution in [0.2, 0.25) is 5.02 Å². The van der Waals surface area contributed by atoms with Gasteiger partial charge in [-0.3, -0.25) is 4.79 Å². The first-order chi connectivity index (χ1) is 9.19. The van der Waals surface area contributed by atoms with Gasteiger partial charge in [0.05, 0.1) is 0 Å². The molecule has 2 aromatic rings.